The predicted molar refractivity (Wildman–Crippen MR) is 94.8 cm³/mol. The van der Waals surface area contributed by atoms with E-state index < -0.39 is 0 Å². The largest absolute Gasteiger partial charge is 0.346 e. The zero-order chi connectivity index (χ0) is 15.6. The average Bonchev–Trinajstić information content (AvgIpc) is 3.05. The summed E-state index contributed by atoms with van der Waals surface area (Å²) in [6.45, 7) is 3.26. The zero-order valence-electron chi connectivity index (χ0n) is 13.0. The third-order valence-electron chi connectivity index (χ3n) is 4.85. The summed E-state index contributed by atoms with van der Waals surface area (Å²) in [5.41, 5.74) is 3.72. The van der Waals surface area contributed by atoms with Gasteiger partial charge in [-0.05, 0) is 67.2 Å². The molecule has 4 rings (SSSR count). The van der Waals surface area contributed by atoms with Gasteiger partial charge < -0.3 is 4.98 Å². The van der Waals surface area contributed by atoms with Crippen LogP contribution in [0.4, 0.5) is 0 Å². The molecule has 0 saturated carbocycles. The Balaban J connectivity index is 1.43. The molecule has 1 N–H and O–H groups in total. The van der Waals surface area contributed by atoms with E-state index in [1.165, 1.54) is 29.4 Å². The lowest BCUT2D eigenvalue weighted by molar-refractivity contribution is 0.205. The van der Waals surface area contributed by atoms with E-state index in [9.17, 15) is 0 Å². The number of rotatable bonds is 3. The number of benzene rings is 1. The Labute approximate surface area is 141 Å². The highest BCUT2D eigenvalue weighted by atomic mass is 35.5. The number of aromatic amines is 1. The molecule has 0 unspecified atom stereocenters. The van der Waals surface area contributed by atoms with Crippen LogP contribution in [0.3, 0.4) is 0 Å². The first-order chi connectivity index (χ1) is 11.3. The molecule has 3 heterocycles. The normalized spacial score (nSPS) is 16.9. The van der Waals surface area contributed by atoms with Crippen LogP contribution in [0.15, 0.2) is 48.8 Å². The van der Waals surface area contributed by atoms with Gasteiger partial charge in [-0.15, -0.1) is 0 Å². The lowest BCUT2D eigenvalue weighted by atomic mass is 9.89. The van der Waals surface area contributed by atoms with Crippen molar-refractivity contribution in [3.63, 3.8) is 0 Å². The molecule has 118 valence electrons. The van der Waals surface area contributed by atoms with Gasteiger partial charge in [-0.2, -0.15) is 0 Å². The summed E-state index contributed by atoms with van der Waals surface area (Å²) < 4.78 is 0. The van der Waals surface area contributed by atoms with E-state index in [1.54, 1.807) is 0 Å². The van der Waals surface area contributed by atoms with Gasteiger partial charge in [0.15, 0.2) is 0 Å². The van der Waals surface area contributed by atoms with Crippen LogP contribution in [0.2, 0.25) is 5.02 Å². The minimum absolute atomic E-state index is 0.634. The fourth-order valence-electron chi connectivity index (χ4n) is 3.58. The number of H-pyrrole nitrogens is 1. The van der Waals surface area contributed by atoms with E-state index in [2.05, 4.69) is 45.2 Å². The third-order valence-corrected chi connectivity index (χ3v) is 5.09. The number of fused-ring (bicyclic) bond motifs is 1. The molecule has 1 aliphatic rings. The van der Waals surface area contributed by atoms with Crippen molar-refractivity contribution >= 4 is 22.6 Å². The fraction of sp³-hybridized carbons (Fsp3) is 0.316. The van der Waals surface area contributed by atoms with Crippen LogP contribution in [-0.4, -0.2) is 28.0 Å². The van der Waals surface area contributed by atoms with Crippen LogP contribution in [0.5, 0.6) is 0 Å². The Morgan fingerprint density at radius 2 is 2.04 bits per heavy atom. The first-order valence-electron chi connectivity index (χ1n) is 8.18. The molecule has 0 radical (unpaired) electrons. The number of hydrogen-bond donors (Lipinski definition) is 1. The van der Waals surface area contributed by atoms with E-state index in [-0.39, 0.29) is 0 Å². The summed E-state index contributed by atoms with van der Waals surface area (Å²) in [5.74, 6) is 0.634. The van der Waals surface area contributed by atoms with Crippen molar-refractivity contribution in [1.82, 2.24) is 14.9 Å². The van der Waals surface area contributed by atoms with Gasteiger partial charge in [0.1, 0.15) is 5.65 Å². The van der Waals surface area contributed by atoms with Crippen molar-refractivity contribution in [2.75, 3.05) is 13.1 Å². The van der Waals surface area contributed by atoms with E-state index in [4.69, 9.17) is 11.6 Å². The Bertz CT molecular complexity index is 803. The topological polar surface area (TPSA) is 31.9 Å². The van der Waals surface area contributed by atoms with Gasteiger partial charge in [-0.25, -0.2) is 4.98 Å². The molecule has 23 heavy (non-hydrogen) atoms. The van der Waals surface area contributed by atoms with Gasteiger partial charge in [0.25, 0.3) is 0 Å². The molecule has 4 heteroatoms. The lowest BCUT2D eigenvalue weighted by Gasteiger charge is -2.32. The molecule has 0 bridgehead atoms. The zero-order valence-corrected chi connectivity index (χ0v) is 13.8. The molecule has 1 saturated heterocycles. The molecule has 1 aliphatic heterocycles. The van der Waals surface area contributed by atoms with Crippen molar-refractivity contribution in [1.29, 1.82) is 0 Å². The molecule has 0 aliphatic carbocycles. The fourth-order valence-corrected chi connectivity index (χ4v) is 3.78. The average molecular weight is 326 g/mol. The molecule has 3 aromatic rings. The maximum Gasteiger partial charge on any atom is 0.137 e. The summed E-state index contributed by atoms with van der Waals surface area (Å²) in [5, 5.41) is 2.08. The summed E-state index contributed by atoms with van der Waals surface area (Å²) in [6, 6.07) is 12.6. The number of hydrogen-bond acceptors (Lipinski definition) is 2. The van der Waals surface area contributed by atoms with Crippen molar-refractivity contribution in [3.05, 3.63) is 64.9 Å². The first-order valence-corrected chi connectivity index (χ1v) is 8.56. The van der Waals surface area contributed by atoms with Gasteiger partial charge in [-0.3, -0.25) is 4.90 Å². The monoisotopic (exact) mass is 325 g/mol. The Morgan fingerprint density at radius 1 is 1.17 bits per heavy atom. The second-order valence-electron chi connectivity index (χ2n) is 6.32. The summed E-state index contributed by atoms with van der Waals surface area (Å²) in [6.07, 6.45) is 6.25. The van der Waals surface area contributed by atoms with Crippen molar-refractivity contribution in [2.24, 2.45) is 0 Å². The number of halogens is 1. The van der Waals surface area contributed by atoms with Gasteiger partial charge in [0.2, 0.25) is 0 Å². The number of likely N-dealkylation sites (tertiary alicyclic amines) is 1. The van der Waals surface area contributed by atoms with Crippen molar-refractivity contribution in [3.8, 4) is 0 Å². The quantitative estimate of drug-likeness (QED) is 0.763. The van der Waals surface area contributed by atoms with Gasteiger partial charge in [-0.1, -0.05) is 23.7 Å². The maximum absolute atomic E-state index is 6.13. The molecular formula is C19H20ClN3. The molecule has 2 aromatic heterocycles. The number of aromatic nitrogens is 2. The summed E-state index contributed by atoms with van der Waals surface area (Å²) in [4.78, 5) is 10.1. The molecule has 3 nitrogen and oxygen atoms in total. The molecule has 1 fully saturated rings. The predicted octanol–water partition coefficient (Wildman–Crippen LogP) is 4.60. The first kappa shape index (κ1) is 14.7. The molecule has 0 amide bonds. The van der Waals surface area contributed by atoms with Crippen LogP contribution in [-0.2, 0) is 6.54 Å². The number of piperidine rings is 1. The van der Waals surface area contributed by atoms with Crippen LogP contribution in [0.1, 0.15) is 29.9 Å². The number of nitrogens with zero attached hydrogens (tertiary/aromatic N) is 2. The van der Waals surface area contributed by atoms with Crippen molar-refractivity contribution < 1.29 is 0 Å². The van der Waals surface area contributed by atoms with Crippen LogP contribution >= 0.6 is 11.6 Å². The van der Waals surface area contributed by atoms with Gasteiger partial charge >= 0.3 is 0 Å². The highest BCUT2D eigenvalue weighted by Gasteiger charge is 2.21. The Hall–Kier alpha value is -1.84. The number of pyridine rings is 1. The summed E-state index contributed by atoms with van der Waals surface area (Å²) in [7, 11) is 0. The molecule has 1 aromatic carbocycles. The third kappa shape index (κ3) is 3.12. The standard InChI is InChI=1S/C19H20ClN3/c20-17-3-1-2-15(12-17)14-6-10-23(11-7-14)13-16-4-8-21-19-18(16)5-9-22-19/h1-5,8-9,12,14H,6-7,10-11,13H2,(H,21,22). The van der Waals surface area contributed by atoms with Crippen LogP contribution in [0, 0.1) is 0 Å². The minimum atomic E-state index is 0.634. The Morgan fingerprint density at radius 3 is 2.87 bits per heavy atom. The second-order valence-corrected chi connectivity index (χ2v) is 6.75. The molecule has 0 spiro atoms. The van der Waals surface area contributed by atoms with Gasteiger partial charge in [0.05, 0.1) is 0 Å². The molecular weight excluding hydrogens is 306 g/mol. The SMILES string of the molecule is Clc1cccc(C2CCN(Cc3ccnc4[nH]ccc34)CC2)c1. The highest BCUT2D eigenvalue weighted by molar-refractivity contribution is 6.30. The Kier molecular flexibility index (Phi) is 4.06. The van der Waals surface area contributed by atoms with E-state index in [0.29, 0.717) is 5.92 Å². The van der Waals surface area contributed by atoms with Crippen LogP contribution < -0.4 is 0 Å². The van der Waals surface area contributed by atoms with Crippen molar-refractivity contribution in [2.45, 2.75) is 25.3 Å². The van der Waals surface area contributed by atoms with E-state index in [0.717, 1.165) is 30.3 Å². The number of nitrogens with one attached hydrogen (secondary N) is 1. The van der Waals surface area contributed by atoms with Crippen LogP contribution in [0.25, 0.3) is 11.0 Å². The lowest BCUT2D eigenvalue weighted by Crippen LogP contribution is -2.32. The smallest absolute Gasteiger partial charge is 0.137 e. The van der Waals surface area contributed by atoms with E-state index >= 15 is 0 Å². The molecule has 0 atom stereocenters. The van der Waals surface area contributed by atoms with Gasteiger partial charge in [0, 0.05) is 29.3 Å². The second kappa shape index (κ2) is 6.34. The highest BCUT2D eigenvalue weighted by Crippen LogP contribution is 2.30. The summed E-state index contributed by atoms with van der Waals surface area (Å²) >= 11 is 6.13. The maximum atomic E-state index is 6.13. The minimum Gasteiger partial charge on any atom is -0.346 e. The van der Waals surface area contributed by atoms with E-state index in [1.807, 2.05) is 18.5 Å².